The fraction of sp³-hybridized carbons (Fsp3) is 0.238. The van der Waals surface area contributed by atoms with E-state index in [9.17, 15) is 4.79 Å². The molecule has 0 saturated heterocycles. The van der Waals surface area contributed by atoms with E-state index in [0.717, 1.165) is 35.5 Å². The highest BCUT2D eigenvalue weighted by Gasteiger charge is 2.21. The monoisotopic (exact) mass is 381 g/mol. The van der Waals surface area contributed by atoms with Crippen molar-refractivity contribution in [2.45, 2.75) is 19.5 Å². The Balaban J connectivity index is 1.58. The number of nitrogens with zero attached hydrogens (tertiary/aromatic N) is 2. The van der Waals surface area contributed by atoms with Crippen LogP contribution in [0.5, 0.6) is 5.75 Å². The topological polar surface area (TPSA) is 58.2 Å². The minimum Gasteiger partial charge on any atom is -0.495 e. The Morgan fingerprint density at radius 1 is 1.22 bits per heavy atom. The number of aromatic amines is 1. The van der Waals surface area contributed by atoms with Crippen LogP contribution < -0.4 is 10.3 Å². The predicted octanol–water partition coefficient (Wildman–Crippen LogP) is 3.66. The summed E-state index contributed by atoms with van der Waals surface area (Å²) >= 11 is 6.24. The minimum absolute atomic E-state index is 0.0361. The molecule has 4 rings (SSSR count). The molecule has 5 nitrogen and oxygen atoms in total. The molecule has 1 aliphatic heterocycles. The lowest BCUT2D eigenvalue weighted by molar-refractivity contribution is 0.240. The van der Waals surface area contributed by atoms with E-state index in [1.54, 1.807) is 7.11 Å². The van der Waals surface area contributed by atoms with E-state index in [-0.39, 0.29) is 5.56 Å². The third-order valence-corrected chi connectivity index (χ3v) is 5.12. The first-order chi connectivity index (χ1) is 13.1. The van der Waals surface area contributed by atoms with Crippen molar-refractivity contribution < 1.29 is 4.74 Å². The number of benzene rings is 2. The average molecular weight is 382 g/mol. The highest BCUT2D eigenvalue weighted by atomic mass is 35.5. The Kier molecular flexibility index (Phi) is 4.97. The van der Waals surface area contributed by atoms with Crippen LogP contribution in [0.4, 0.5) is 0 Å². The van der Waals surface area contributed by atoms with Gasteiger partial charge in [-0.05, 0) is 24.1 Å². The van der Waals surface area contributed by atoms with Crippen LogP contribution in [0.25, 0.3) is 11.4 Å². The van der Waals surface area contributed by atoms with Gasteiger partial charge in [-0.25, -0.2) is 4.98 Å². The highest BCUT2D eigenvalue weighted by molar-refractivity contribution is 6.32. The number of ether oxygens (including phenoxy) is 1. The maximum Gasteiger partial charge on any atom is 0.254 e. The first-order valence-electron chi connectivity index (χ1n) is 8.86. The normalized spacial score (nSPS) is 14.0. The van der Waals surface area contributed by atoms with Gasteiger partial charge in [0, 0.05) is 30.8 Å². The van der Waals surface area contributed by atoms with Gasteiger partial charge in [0.25, 0.3) is 5.56 Å². The quantitative estimate of drug-likeness (QED) is 0.749. The Hall–Kier alpha value is -2.63. The molecular formula is C21H20ClN3O2. The summed E-state index contributed by atoms with van der Waals surface area (Å²) in [6, 6.07) is 15.5. The van der Waals surface area contributed by atoms with Crippen molar-refractivity contribution in [3.8, 4) is 17.1 Å². The van der Waals surface area contributed by atoms with Gasteiger partial charge in [0.2, 0.25) is 0 Å². The number of methoxy groups -OCH3 is 1. The Morgan fingerprint density at radius 2 is 2.04 bits per heavy atom. The lowest BCUT2D eigenvalue weighted by Crippen LogP contribution is -2.35. The molecule has 2 aromatic carbocycles. The molecule has 3 aromatic rings. The zero-order valence-electron chi connectivity index (χ0n) is 15.0. The predicted molar refractivity (Wildman–Crippen MR) is 106 cm³/mol. The summed E-state index contributed by atoms with van der Waals surface area (Å²) in [5.41, 5.74) is 3.63. The third kappa shape index (κ3) is 3.75. The fourth-order valence-electron chi connectivity index (χ4n) is 3.43. The molecule has 0 saturated carbocycles. The number of rotatable bonds is 4. The van der Waals surface area contributed by atoms with E-state index in [2.05, 4.69) is 9.88 Å². The van der Waals surface area contributed by atoms with Crippen LogP contribution in [0.15, 0.2) is 53.3 Å². The van der Waals surface area contributed by atoms with Crippen molar-refractivity contribution in [3.63, 3.8) is 0 Å². The van der Waals surface area contributed by atoms with Crippen LogP contribution >= 0.6 is 11.6 Å². The lowest BCUT2D eigenvalue weighted by Gasteiger charge is -2.27. The molecule has 1 N–H and O–H groups in total. The average Bonchev–Trinajstić information content (AvgIpc) is 2.68. The Morgan fingerprint density at radius 3 is 2.78 bits per heavy atom. The van der Waals surface area contributed by atoms with E-state index >= 15 is 0 Å². The molecule has 27 heavy (non-hydrogen) atoms. The van der Waals surface area contributed by atoms with Crippen LogP contribution in [-0.2, 0) is 19.5 Å². The molecule has 0 amide bonds. The molecular weight excluding hydrogens is 362 g/mol. The summed E-state index contributed by atoms with van der Waals surface area (Å²) in [5.74, 6) is 1.29. The van der Waals surface area contributed by atoms with Crippen molar-refractivity contribution in [2.24, 2.45) is 0 Å². The summed E-state index contributed by atoms with van der Waals surface area (Å²) in [5, 5.41) is 0.605. The van der Waals surface area contributed by atoms with Crippen LogP contribution in [0, 0.1) is 0 Å². The van der Waals surface area contributed by atoms with Gasteiger partial charge in [-0.15, -0.1) is 0 Å². The van der Waals surface area contributed by atoms with Crippen LogP contribution in [0.3, 0.4) is 0 Å². The highest BCUT2D eigenvalue weighted by Crippen LogP contribution is 2.26. The molecule has 6 heteroatoms. The van der Waals surface area contributed by atoms with Crippen LogP contribution in [0.1, 0.15) is 16.8 Å². The number of aromatic nitrogens is 2. The van der Waals surface area contributed by atoms with Crippen molar-refractivity contribution in [2.75, 3.05) is 13.7 Å². The zero-order valence-corrected chi connectivity index (χ0v) is 15.8. The second-order valence-corrected chi connectivity index (χ2v) is 7.04. The first kappa shape index (κ1) is 17.8. The van der Waals surface area contributed by atoms with Gasteiger partial charge in [0.05, 0.1) is 17.8 Å². The molecule has 0 aliphatic carbocycles. The molecule has 0 spiro atoms. The van der Waals surface area contributed by atoms with E-state index in [1.807, 2.05) is 48.5 Å². The first-order valence-corrected chi connectivity index (χ1v) is 9.24. The molecule has 1 aliphatic rings. The van der Waals surface area contributed by atoms with Crippen molar-refractivity contribution >= 4 is 11.6 Å². The number of H-pyrrole nitrogens is 1. The summed E-state index contributed by atoms with van der Waals surface area (Å²) in [7, 11) is 1.61. The molecule has 0 atom stereocenters. The van der Waals surface area contributed by atoms with E-state index < -0.39 is 0 Å². The molecule has 0 fully saturated rings. The molecule has 0 unspecified atom stereocenters. The molecule has 1 aromatic heterocycles. The van der Waals surface area contributed by atoms with Crippen LogP contribution in [0.2, 0.25) is 5.02 Å². The third-order valence-electron chi connectivity index (χ3n) is 4.82. The number of halogens is 1. The maximum absolute atomic E-state index is 12.5. The smallest absolute Gasteiger partial charge is 0.254 e. The van der Waals surface area contributed by atoms with Gasteiger partial charge in [0.1, 0.15) is 11.6 Å². The number of fused-ring (bicyclic) bond motifs is 1. The number of hydrogen-bond donors (Lipinski definition) is 1. The van der Waals surface area contributed by atoms with Gasteiger partial charge in [-0.3, -0.25) is 9.69 Å². The number of hydrogen-bond acceptors (Lipinski definition) is 4. The summed E-state index contributed by atoms with van der Waals surface area (Å²) in [4.78, 5) is 22.4. The molecule has 138 valence electrons. The van der Waals surface area contributed by atoms with Crippen LogP contribution in [-0.4, -0.2) is 28.5 Å². The Bertz CT molecular complexity index is 1020. The van der Waals surface area contributed by atoms with E-state index in [0.29, 0.717) is 29.6 Å². The SMILES string of the molecule is COc1ccc(CN2CCc3c(nc(-c4ccccc4)[nH]c3=O)C2)cc1Cl. The fourth-order valence-corrected chi connectivity index (χ4v) is 3.71. The van der Waals surface area contributed by atoms with Gasteiger partial charge < -0.3 is 9.72 Å². The summed E-state index contributed by atoms with van der Waals surface area (Å²) in [6.07, 6.45) is 0.691. The van der Waals surface area contributed by atoms with Gasteiger partial charge in [-0.1, -0.05) is 48.0 Å². The molecule has 2 heterocycles. The van der Waals surface area contributed by atoms with Crippen molar-refractivity contribution in [1.82, 2.24) is 14.9 Å². The van der Waals surface area contributed by atoms with E-state index in [4.69, 9.17) is 21.3 Å². The second kappa shape index (κ2) is 7.55. The largest absolute Gasteiger partial charge is 0.495 e. The standard InChI is InChI=1S/C21H20ClN3O2/c1-27-19-8-7-14(11-17(19)22)12-25-10-9-16-18(13-25)23-20(24-21(16)26)15-5-3-2-4-6-15/h2-8,11H,9-10,12-13H2,1H3,(H,23,24,26). The second-order valence-electron chi connectivity index (χ2n) is 6.64. The molecule has 0 radical (unpaired) electrons. The lowest BCUT2D eigenvalue weighted by atomic mass is 10.0. The van der Waals surface area contributed by atoms with Crippen molar-refractivity contribution in [1.29, 1.82) is 0 Å². The zero-order chi connectivity index (χ0) is 18.8. The van der Waals surface area contributed by atoms with Gasteiger partial charge in [-0.2, -0.15) is 0 Å². The molecule has 0 bridgehead atoms. The van der Waals surface area contributed by atoms with E-state index in [1.165, 1.54) is 0 Å². The summed E-state index contributed by atoms with van der Waals surface area (Å²) < 4.78 is 5.21. The van der Waals surface area contributed by atoms with Gasteiger partial charge >= 0.3 is 0 Å². The van der Waals surface area contributed by atoms with Gasteiger partial charge in [0.15, 0.2) is 0 Å². The van der Waals surface area contributed by atoms with Crippen molar-refractivity contribution in [3.05, 3.63) is 80.7 Å². The summed E-state index contributed by atoms with van der Waals surface area (Å²) in [6.45, 7) is 2.20. The minimum atomic E-state index is -0.0361. The maximum atomic E-state index is 12.5. The Labute approximate surface area is 162 Å². The number of nitrogens with one attached hydrogen (secondary N) is 1.